The van der Waals surface area contributed by atoms with Gasteiger partial charge in [-0.05, 0) is 18.2 Å². The summed E-state index contributed by atoms with van der Waals surface area (Å²) in [7, 11) is 1.12. The van der Waals surface area contributed by atoms with Crippen LogP contribution in [0.2, 0.25) is 0 Å². The first-order chi connectivity index (χ1) is 8.86. The molecule has 0 bridgehead atoms. The Balaban J connectivity index is 2.14. The van der Waals surface area contributed by atoms with Crippen molar-refractivity contribution in [3.63, 3.8) is 0 Å². The largest absolute Gasteiger partial charge is 0.482 e. The molecule has 0 atom stereocenters. The summed E-state index contributed by atoms with van der Waals surface area (Å²) in [6.45, 7) is 1.51. The summed E-state index contributed by atoms with van der Waals surface area (Å²) in [4.78, 5) is 3.53. The van der Waals surface area contributed by atoms with Crippen LogP contribution in [0.3, 0.4) is 0 Å². The van der Waals surface area contributed by atoms with E-state index in [1.54, 1.807) is 6.92 Å². The third-order valence-electron chi connectivity index (χ3n) is 2.11. The Labute approximate surface area is 112 Å². The number of nitrogens with zero attached hydrogens (tertiary/aromatic N) is 2. The molecule has 102 valence electrons. The van der Waals surface area contributed by atoms with E-state index >= 15 is 0 Å². The predicted octanol–water partition coefficient (Wildman–Crippen LogP) is 2.02. The van der Waals surface area contributed by atoms with Crippen molar-refractivity contribution in [1.82, 2.24) is 10.1 Å². The van der Waals surface area contributed by atoms with Crippen molar-refractivity contribution >= 4 is 19.7 Å². The van der Waals surface area contributed by atoms with Gasteiger partial charge in [0, 0.05) is 17.6 Å². The van der Waals surface area contributed by atoms with Crippen molar-refractivity contribution in [3.8, 4) is 5.75 Å². The molecule has 0 fully saturated rings. The van der Waals surface area contributed by atoms with Gasteiger partial charge in [0.1, 0.15) is 0 Å². The molecule has 0 saturated heterocycles. The van der Waals surface area contributed by atoms with Gasteiger partial charge in [0.2, 0.25) is 11.7 Å². The molecule has 2 rings (SSSR count). The predicted molar refractivity (Wildman–Crippen MR) is 62.8 cm³/mol. The Hall–Kier alpha value is -1.67. The molecule has 0 unspecified atom stereocenters. The van der Waals surface area contributed by atoms with Crippen LogP contribution in [0.15, 0.2) is 27.6 Å². The summed E-state index contributed by atoms with van der Waals surface area (Å²) in [6.07, 6.45) is 0. The molecule has 1 aromatic heterocycles. The Morgan fingerprint density at radius 1 is 1.47 bits per heavy atom. The van der Waals surface area contributed by atoms with Crippen LogP contribution in [0, 0.1) is 12.7 Å². The first-order valence-corrected chi connectivity index (χ1v) is 7.33. The topological polar surface area (TPSA) is 82.3 Å². The molecule has 0 aliphatic heterocycles. The van der Waals surface area contributed by atoms with Crippen molar-refractivity contribution in [2.24, 2.45) is 0 Å². The molecule has 19 heavy (non-hydrogen) atoms. The number of hydrogen-bond acceptors (Lipinski definition) is 6. The first kappa shape index (κ1) is 13.8. The highest BCUT2D eigenvalue weighted by Gasteiger charge is 2.14. The Bertz CT molecular complexity index is 701. The Morgan fingerprint density at radius 3 is 2.74 bits per heavy atom. The molecule has 6 nitrogen and oxygen atoms in total. The van der Waals surface area contributed by atoms with E-state index in [2.05, 4.69) is 10.1 Å². The van der Waals surface area contributed by atoms with Gasteiger partial charge in [-0.2, -0.15) is 4.98 Å². The smallest absolute Gasteiger partial charge is 0.261 e. The number of halogens is 2. The quantitative estimate of drug-likeness (QED) is 0.804. The molecule has 0 N–H and O–H groups in total. The minimum atomic E-state index is -3.97. The fourth-order valence-electron chi connectivity index (χ4n) is 1.29. The van der Waals surface area contributed by atoms with Crippen molar-refractivity contribution in [2.45, 2.75) is 18.4 Å². The highest BCUT2D eigenvalue weighted by atomic mass is 35.7. The molecule has 0 amide bonds. The second-order valence-corrected chi connectivity index (χ2v) is 6.11. The minimum Gasteiger partial charge on any atom is -0.482 e. The molecule has 9 heteroatoms. The van der Waals surface area contributed by atoms with Gasteiger partial charge in [0.05, 0.1) is 4.90 Å². The monoisotopic (exact) mass is 306 g/mol. The van der Waals surface area contributed by atoms with Crippen LogP contribution in [0.4, 0.5) is 4.39 Å². The summed E-state index contributed by atoms with van der Waals surface area (Å²) in [5.74, 6) is -0.359. The number of rotatable bonds is 4. The maximum Gasteiger partial charge on any atom is 0.261 e. The fraction of sp³-hybridized carbons (Fsp3) is 0.200. The van der Waals surface area contributed by atoms with Gasteiger partial charge in [-0.1, -0.05) is 5.16 Å². The maximum atomic E-state index is 13.6. The molecular formula is C10H8ClFN2O4S. The van der Waals surface area contributed by atoms with E-state index in [0.29, 0.717) is 5.89 Å². The summed E-state index contributed by atoms with van der Waals surface area (Å²) in [5.41, 5.74) is 0. The molecular weight excluding hydrogens is 299 g/mol. The average molecular weight is 307 g/mol. The van der Waals surface area contributed by atoms with E-state index in [1.165, 1.54) is 0 Å². The Kier molecular flexibility index (Phi) is 3.72. The highest BCUT2D eigenvalue weighted by Crippen LogP contribution is 2.23. The number of hydrogen-bond donors (Lipinski definition) is 0. The molecule has 1 aromatic carbocycles. The molecule has 0 spiro atoms. The number of ether oxygens (including phenoxy) is 1. The van der Waals surface area contributed by atoms with Crippen LogP contribution in [0.5, 0.6) is 5.75 Å². The van der Waals surface area contributed by atoms with Gasteiger partial charge < -0.3 is 9.26 Å². The van der Waals surface area contributed by atoms with Crippen molar-refractivity contribution < 1.29 is 22.1 Å². The normalized spacial score (nSPS) is 11.5. The second kappa shape index (κ2) is 5.14. The molecule has 0 saturated carbocycles. The molecule has 1 heterocycles. The zero-order valence-corrected chi connectivity index (χ0v) is 11.2. The summed E-state index contributed by atoms with van der Waals surface area (Å²) in [6, 6.07) is 3.08. The summed E-state index contributed by atoms with van der Waals surface area (Å²) >= 11 is 0. The molecule has 2 aromatic rings. The van der Waals surface area contributed by atoms with Gasteiger partial charge >= 0.3 is 0 Å². The van der Waals surface area contributed by atoms with Gasteiger partial charge in [-0.25, -0.2) is 12.8 Å². The molecule has 0 aliphatic rings. The van der Waals surface area contributed by atoms with E-state index in [1.807, 2.05) is 0 Å². The number of aromatic nitrogens is 2. The van der Waals surface area contributed by atoms with E-state index in [9.17, 15) is 12.8 Å². The van der Waals surface area contributed by atoms with Gasteiger partial charge in [0.15, 0.2) is 18.2 Å². The van der Waals surface area contributed by atoms with Crippen molar-refractivity contribution in [2.75, 3.05) is 0 Å². The maximum absolute atomic E-state index is 13.6. The van der Waals surface area contributed by atoms with Crippen LogP contribution in [0.1, 0.15) is 11.7 Å². The lowest BCUT2D eigenvalue weighted by atomic mass is 10.3. The van der Waals surface area contributed by atoms with Gasteiger partial charge in [0.25, 0.3) is 9.05 Å². The fourth-order valence-corrected chi connectivity index (χ4v) is 2.06. The Morgan fingerprint density at radius 2 is 2.21 bits per heavy atom. The number of aryl methyl sites for hydroxylation is 1. The van der Waals surface area contributed by atoms with Crippen LogP contribution < -0.4 is 4.74 Å². The SMILES string of the molecule is Cc1nc(COc2ccc(S(=O)(=O)Cl)cc2F)no1. The molecule has 0 radical (unpaired) electrons. The average Bonchev–Trinajstić information content (AvgIpc) is 2.72. The van der Waals surface area contributed by atoms with Crippen LogP contribution >= 0.6 is 10.7 Å². The van der Waals surface area contributed by atoms with Gasteiger partial charge in [-0.15, -0.1) is 0 Å². The lowest BCUT2D eigenvalue weighted by molar-refractivity contribution is 0.272. The molecule has 0 aliphatic carbocycles. The standard InChI is InChI=1S/C10H8ClFN2O4S/c1-6-13-10(14-18-6)5-17-9-3-2-7(4-8(9)12)19(11,15)16/h2-4H,5H2,1H3. The van der Waals surface area contributed by atoms with Gasteiger partial charge in [-0.3, -0.25) is 0 Å². The third kappa shape index (κ3) is 3.42. The lowest BCUT2D eigenvalue weighted by Gasteiger charge is -2.05. The zero-order valence-electron chi connectivity index (χ0n) is 9.63. The van der Waals surface area contributed by atoms with Crippen LogP contribution in [-0.2, 0) is 15.7 Å². The van der Waals surface area contributed by atoms with E-state index < -0.39 is 14.9 Å². The zero-order chi connectivity index (χ0) is 14.0. The first-order valence-electron chi connectivity index (χ1n) is 5.02. The second-order valence-electron chi connectivity index (χ2n) is 3.55. The van der Waals surface area contributed by atoms with E-state index in [0.717, 1.165) is 18.2 Å². The van der Waals surface area contributed by atoms with E-state index in [4.69, 9.17) is 19.9 Å². The minimum absolute atomic E-state index is 0.0960. The van der Waals surface area contributed by atoms with Crippen molar-refractivity contribution in [3.05, 3.63) is 35.7 Å². The summed E-state index contributed by atoms with van der Waals surface area (Å²) < 4.78 is 45.4. The number of benzene rings is 1. The van der Waals surface area contributed by atoms with Crippen LogP contribution in [0.25, 0.3) is 0 Å². The van der Waals surface area contributed by atoms with Crippen molar-refractivity contribution in [1.29, 1.82) is 0 Å². The van der Waals surface area contributed by atoms with E-state index in [-0.39, 0.29) is 23.1 Å². The highest BCUT2D eigenvalue weighted by molar-refractivity contribution is 8.13. The summed E-state index contributed by atoms with van der Waals surface area (Å²) in [5, 5.41) is 3.57. The third-order valence-corrected chi connectivity index (χ3v) is 3.46. The van der Waals surface area contributed by atoms with Crippen LogP contribution in [-0.4, -0.2) is 18.6 Å². The lowest BCUT2D eigenvalue weighted by Crippen LogP contribution is -2.00.